The molecule has 0 bridgehead atoms. The van der Waals surface area contributed by atoms with Gasteiger partial charge in [0.1, 0.15) is 6.04 Å². The number of halogens is 1. The molecule has 0 aliphatic rings. The number of aryl methyl sites for hydroxylation is 2. The Labute approximate surface area is 227 Å². The van der Waals surface area contributed by atoms with E-state index in [9.17, 15) is 18.0 Å². The lowest BCUT2D eigenvalue weighted by molar-refractivity contribution is -0.141. The van der Waals surface area contributed by atoms with E-state index in [1.807, 2.05) is 58.9 Å². The lowest BCUT2D eigenvalue weighted by Gasteiger charge is -2.31. The van der Waals surface area contributed by atoms with Crippen molar-refractivity contribution in [2.45, 2.75) is 66.5 Å². The van der Waals surface area contributed by atoms with Gasteiger partial charge >= 0.3 is 0 Å². The standard InChI is InChI=1S/C28H40ClN3O4S/c1-7-25(28(34)30-18-20(2)3)31(19-23-13-10-21(4)11-14-23)27(33)9-8-16-32(37(6,35)36)26-17-24(29)15-12-22(26)5/h10-15,17,20,25H,7-9,16,18-19H2,1-6H3,(H,30,34)/t25-/m1/s1. The van der Waals surface area contributed by atoms with Crippen LogP contribution < -0.4 is 9.62 Å². The van der Waals surface area contributed by atoms with Gasteiger partial charge in [0.05, 0.1) is 11.9 Å². The summed E-state index contributed by atoms with van der Waals surface area (Å²) in [6, 6.07) is 12.4. The first-order valence-corrected chi connectivity index (χ1v) is 14.9. The van der Waals surface area contributed by atoms with Gasteiger partial charge in [-0.2, -0.15) is 0 Å². The molecule has 2 aromatic rings. The fourth-order valence-corrected chi connectivity index (χ4v) is 5.25. The highest BCUT2D eigenvalue weighted by molar-refractivity contribution is 7.92. The van der Waals surface area contributed by atoms with E-state index in [1.165, 1.54) is 4.31 Å². The molecular weight excluding hydrogens is 510 g/mol. The Morgan fingerprint density at radius 3 is 2.27 bits per heavy atom. The number of rotatable bonds is 13. The molecule has 0 saturated carbocycles. The van der Waals surface area contributed by atoms with Gasteiger partial charge in [-0.1, -0.05) is 68.3 Å². The number of nitrogens with zero attached hydrogens (tertiary/aromatic N) is 2. The predicted molar refractivity (Wildman–Crippen MR) is 151 cm³/mol. The van der Waals surface area contributed by atoms with Gasteiger partial charge in [0, 0.05) is 31.1 Å². The minimum absolute atomic E-state index is 0.103. The van der Waals surface area contributed by atoms with E-state index in [0.717, 1.165) is 22.9 Å². The lowest BCUT2D eigenvalue weighted by Crippen LogP contribution is -2.49. The van der Waals surface area contributed by atoms with Crippen LogP contribution >= 0.6 is 11.6 Å². The summed E-state index contributed by atoms with van der Waals surface area (Å²) in [5.41, 5.74) is 3.32. The molecule has 37 heavy (non-hydrogen) atoms. The summed E-state index contributed by atoms with van der Waals surface area (Å²) in [5.74, 6) is -0.0769. The van der Waals surface area contributed by atoms with E-state index in [1.54, 1.807) is 23.1 Å². The van der Waals surface area contributed by atoms with Crippen molar-refractivity contribution in [2.75, 3.05) is 23.7 Å². The van der Waals surface area contributed by atoms with Crippen molar-refractivity contribution in [3.8, 4) is 0 Å². The molecule has 9 heteroatoms. The maximum atomic E-state index is 13.5. The molecule has 2 aromatic carbocycles. The summed E-state index contributed by atoms with van der Waals surface area (Å²) in [6.07, 6.45) is 2.02. The minimum atomic E-state index is -3.59. The van der Waals surface area contributed by atoms with Crippen molar-refractivity contribution in [1.82, 2.24) is 10.2 Å². The molecule has 0 saturated heterocycles. The molecule has 204 valence electrons. The number of amides is 2. The molecular formula is C28H40ClN3O4S. The van der Waals surface area contributed by atoms with Crippen LogP contribution in [0.3, 0.4) is 0 Å². The highest BCUT2D eigenvalue weighted by Crippen LogP contribution is 2.27. The molecule has 0 spiro atoms. The van der Waals surface area contributed by atoms with Gasteiger partial charge in [-0.3, -0.25) is 13.9 Å². The smallest absolute Gasteiger partial charge is 0.242 e. The molecule has 1 atom stereocenters. The SMILES string of the molecule is CC[C@H](C(=O)NCC(C)C)N(Cc1ccc(C)cc1)C(=O)CCCN(c1cc(Cl)ccc1C)S(C)(=O)=O. The second-order valence-electron chi connectivity index (χ2n) is 9.94. The van der Waals surface area contributed by atoms with Crippen LogP contribution in [-0.4, -0.2) is 50.5 Å². The van der Waals surface area contributed by atoms with Crippen LogP contribution in [0.4, 0.5) is 5.69 Å². The van der Waals surface area contributed by atoms with Crippen LogP contribution in [0, 0.1) is 19.8 Å². The highest BCUT2D eigenvalue weighted by atomic mass is 35.5. The van der Waals surface area contributed by atoms with Crippen LogP contribution in [0.1, 0.15) is 56.7 Å². The van der Waals surface area contributed by atoms with E-state index in [0.29, 0.717) is 42.6 Å². The minimum Gasteiger partial charge on any atom is -0.354 e. The van der Waals surface area contributed by atoms with Gasteiger partial charge in [0.2, 0.25) is 21.8 Å². The first-order valence-electron chi connectivity index (χ1n) is 12.7. The summed E-state index contributed by atoms with van der Waals surface area (Å²) in [6.45, 7) is 10.7. The first-order chi connectivity index (χ1) is 17.3. The third-order valence-electron chi connectivity index (χ3n) is 6.14. The van der Waals surface area contributed by atoms with Crippen molar-refractivity contribution in [3.63, 3.8) is 0 Å². The number of nitrogens with one attached hydrogen (secondary N) is 1. The highest BCUT2D eigenvalue weighted by Gasteiger charge is 2.29. The van der Waals surface area contributed by atoms with Crippen LogP contribution in [-0.2, 0) is 26.2 Å². The number of benzene rings is 2. The third kappa shape index (κ3) is 9.34. The Hall–Kier alpha value is -2.58. The summed E-state index contributed by atoms with van der Waals surface area (Å²) < 4.78 is 26.4. The molecule has 2 amide bonds. The topological polar surface area (TPSA) is 86.8 Å². The van der Waals surface area contributed by atoms with Crippen LogP contribution in [0.5, 0.6) is 0 Å². The molecule has 0 heterocycles. The summed E-state index contributed by atoms with van der Waals surface area (Å²) in [7, 11) is -3.59. The largest absolute Gasteiger partial charge is 0.354 e. The van der Waals surface area contributed by atoms with Gasteiger partial charge in [0.25, 0.3) is 0 Å². The van der Waals surface area contributed by atoms with E-state index in [-0.39, 0.29) is 24.8 Å². The predicted octanol–water partition coefficient (Wildman–Crippen LogP) is 5.08. The van der Waals surface area contributed by atoms with Gasteiger partial charge in [0.15, 0.2) is 0 Å². The fourth-order valence-electron chi connectivity index (χ4n) is 4.07. The van der Waals surface area contributed by atoms with Gasteiger partial charge < -0.3 is 10.2 Å². The number of hydrogen-bond donors (Lipinski definition) is 1. The fraction of sp³-hybridized carbons (Fsp3) is 0.500. The van der Waals surface area contributed by atoms with Crippen molar-refractivity contribution < 1.29 is 18.0 Å². The Kier molecular flexibility index (Phi) is 11.4. The van der Waals surface area contributed by atoms with E-state index in [2.05, 4.69) is 5.32 Å². The van der Waals surface area contributed by atoms with Crippen molar-refractivity contribution >= 4 is 39.1 Å². The lowest BCUT2D eigenvalue weighted by atomic mass is 10.1. The summed E-state index contributed by atoms with van der Waals surface area (Å²) >= 11 is 6.13. The number of carbonyl (C=O) groups excluding carboxylic acids is 2. The van der Waals surface area contributed by atoms with E-state index in [4.69, 9.17) is 11.6 Å². The van der Waals surface area contributed by atoms with E-state index < -0.39 is 16.1 Å². The number of hydrogen-bond acceptors (Lipinski definition) is 4. The number of carbonyl (C=O) groups is 2. The summed E-state index contributed by atoms with van der Waals surface area (Å²) in [4.78, 5) is 28.2. The monoisotopic (exact) mass is 549 g/mol. The summed E-state index contributed by atoms with van der Waals surface area (Å²) in [5, 5.41) is 3.40. The average Bonchev–Trinajstić information content (AvgIpc) is 2.82. The maximum Gasteiger partial charge on any atom is 0.242 e. The Bertz CT molecular complexity index is 1170. The Balaban J connectivity index is 2.23. The number of sulfonamides is 1. The Morgan fingerprint density at radius 2 is 1.70 bits per heavy atom. The maximum absolute atomic E-state index is 13.5. The zero-order valence-corrected chi connectivity index (χ0v) is 24.3. The second kappa shape index (κ2) is 13.8. The quantitative estimate of drug-likeness (QED) is 0.377. The van der Waals surface area contributed by atoms with Gasteiger partial charge in [-0.15, -0.1) is 0 Å². The zero-order valence-electron chi connectivity index (χ0n) is 22.8. The van der Waals surface area contributed by atoms with E-state index >= 15 is 0 Å². The van der Waals surface area contributed by atoms with Gasteiger partial charge in [-0.25, -0.2) is 8.42 Å². The molecule has 0 aliphatic heterocycles. The zero-order chi connectivity index (χ0) is 27.8. The van der Waals surface area contributed by atoms with Crippen molar-refractivity contribution in [1.29, 1.82) is 0 Å². The molecule has 2 rings (SSSR count). The Morgan fingerprint density at radius 1 is 1.05 bits per heavy atom. The van der Waals surface area contributed by atoms with Crippen LogP contribution in [0.25, 0.3) is 0 Å². The molecule has 0 aliphatic carbocycles. The second-order valence-corrected chi connectivity index (χ2v) is 12.3. The molecule has 0 unspecified atom stereocenters. The molecule has 0 radical (unpaired) electrons. The van der Waals surface area contributed by atoms with Crippen LogP contribution in [0.15, 0.2) is 42.5 Å². The molecule has 0 aromatic heterocycles. The number of anilines is 1. The third-order valence-corrected chi connectivity index (χ3v) is 7.55. The molecule has 1 N–H and O–H groups in total. The normalized spacial score (nSPS) is 12.3. The first kappa shape index (κ1) is 30.6. The van der Waals surface area contributed by atoms with Crippen molar-refractivity contribution in [2.24, 2.45) is 5.92 Å². The molecule has 7 nitrogen and oxygen atoms in total. The average molecular weight is 550 g/mol. The van der Waals surface area contributed by atoms with Gasteiger partial charge in [-0.05, 0) is 55.9 Å². The van der Waals surface area contributed by atoms with Crippen molar-refractivity contribution in [3.05, 3.63) is 64.2 Å². The molecule has 0 fully saturated rings. The van der Waals surface area contributed by atoms with Crippen LogP contribution in [0.2, 0.25) is 5.02 Å².